The maximum absolute atomic E-state index is 6.43. The molecule has 1 aliphatic rings. The lowest BCUT2D eigenvalue weighted by atomic mass is 9.99. The summed E-state index contributed by atoms with van der Waals surface area (Å²) in [5.74, 6) is 0. The van der Waals surface area contributed by atoms with Crippen molar-refractivity contribution in [2.45, 2.75) is 50.0 Å². The zero-order valence-corrected chi connectivity index (χ0v) is 13.6. The van der Waals surface area contributed by atoms with E-state index in [0.717, 1.165) is 19.4 Å². The van der Waals surface area contributed by atoms with Gasteiger partial charge < -0.3 is 4.74 Å². The molecule has 1 aromatic carbocycles. The third-order valence-electron chi connectivity index (χ3n) is 4.02. The van der Waals surface area contributed by atoms with Gasteiger partial charge in [-0.25, -0.2) is 0 Å². The quantitative estimate of drug-likeness (QED) is 0.574. The van der Waals surface area contributed by atoms with E-state index in [9.17, 15) is 0 Å². The topological polar surface area (TPSA) is 9.23 Å². The Kier molecular flexibility index (Phi) is 3.91. The minimum atomic E-state index is -1.51. The van der Waals surface area contributed by atoms with Gasteiger partial charge in [0.1, 0.15) is 0 Å². The highest BCUT2D eigenvalue weighted by Crippen LogP contribution is 2.44. The van der Waals surface area contributed by atoms with Crippen molar-refractivity contribution in [2.24, 2.45) is 0 Å². The second-order valence-electron chi connectivity index (χ2n) is 6.38. The zero-order valence-electron chi connectivity index (χ0n) is 11.8. The summed E-state index contributed by atoms with van der Waals surface area (Å²) in [6, 6.07) is 8.81. The van der Waals surface area contributed by atoms with Crippen LogP contribution < -0.4 is 0 Å². The van der Waals surface area contributed by atoms with Crippen LogP contribution in [0.25, 0.3) is 0 Å². The van der Waals surface area contributed by atoms with Gasteiger partial charge in [0.2, 0.25) is 0 Å². The molecule has 1 heterocycles. The number of alkyl halides is 1. The van der Waals surface area contributed by atoms with E-state index in [4.69, 9.17) is 16.3 Å². The largest absolute Gasteiger partial charge is 0.374 e. The molecule has 1 nitrogen and oxygen atoms in total. The molecular formula is C15H23ClOSi. The smallest absolute Gasteiger partial charge is 0.0882 e. The monoisotopic (exact) mass is 282 g/mol. The summed E-state index contributed by atoms with van der Waals surface area (Å²) < 4.78 is 6.30. The molecule has 2 atom stereocenters. The van der Waals surface area contributed by atoms with E-state index >= 15 is 0 Å². The zero-order chi connectivity index (χ0) is 13.4. The lowest BCUT2D eigenvalue weighted by Crippen LogP contribution is -2.55. The number of hydrogen-bond acceptors (Lipinski definition) is 1. The third kappa shape index (κ3) is 2.51. The van der Waals surface area contributed by atoms with E-state index < -0.39 is 8.07 Å². The summed E-state index contributed by atoms with van der Waals surface area (Å²) in [6.07, 6.45) is 1.92. The Labute approximate surface area is 117 Å². The predicted octanol–water partition coefficient (Wildman–Crippen LogP) is 4.49. The first-order chi connectivity index (χ1) is 8.35. The molecule has 0 amide bonds. The van der Waals surface area contributed by atoms with Crippen LogP contribution in [-0.4, -0.2) is 20.1 Å². The molecule has 0 spiro atoms. The van der Waals surface area contributed by atoms with E-state index in [2.05, 4.69) is 50.8 Å². The van der Waals surface area contributed by atoms with Gasteiger partial charge in [-0.3, -0.25) is 0 Å². The maximum Gasteiger partial charge on any atom is 0.0882 e. The number of benzene rings is 1. The van der Waals surface area contributed by atoms with Gasteiger partial charge in [-0.1, -0.05) is 49.5 Å². The van der Waals surface area contributed by atoms with Gasteiger partial charge in [0, 0.05) is 12.0 Å². The highest BCUT2D eigenvalue weighted by molar-refractivity contribution is 6.78. The highest BCUT2D eigenvalue weighted by atomic mass is 35.5. The van der Waals surface area contributed by atoms with Gasteiger partial charge >= 0.3 is 0 Å². The van der Waals surface area contributed by atoms with Crippen LogP contribution in [-0.2, 0) is 9.96 Å². The van der Waals surface area contributed by atoms with E-state index in [1.165, 1.54) is 11.1 Å². The summed E-state index contributed by atoms with van der Waals surface area (Å²) in [5.41, 5.74) is 2.61. The van der Waals surface area contributed by atoms with Crippen molar-refractivity contribution < 1.29 is 4.74 Å². The Bertz CT molecular complexity index is 409. The Morgan fingerprint density at radius 1 is 1.22 bits per heavy atom. The molecule has 2 rings (SSSR count). The van der Waals surface area contributed by atoms with Gasteiger partial charge in [-0.2, -0.15) is 0 Å². The normalized spacial score (nSPS) is 29.3. The van der Waals surface area contributed by atoms with Crippen molar-refractivity contribution in [3.8, 4) is 0 Å². The van der Waals surface area contributed by atoms with Gasteiger partial charge in [0.25, 0.3) is 0 Å². The molecule has 18 heavy (non-hydrogen) atoms. The van der Waals surface area contributed by atoms with Crippen molar-refractivity contribution in [1.82, 2.24) is 0 Å². The van der Waals surface area contributed by atoms with Crippen LogP contribution in [0.2, 0.25) is 19.6 Å². The predicted molar refractivity (Wildman–Crippen MR) is 81.0 cm³/mol. The fourth-order valence-corrected chi connectivity index (χ4v) is 5.68. The summed E-state index contributed by atoms with van der Waals surface area (Å²) in [4.78, 5) is 0. The molecule has 1 fully saturated rings. The molecule has 0 bridgehead atoms. The van der Waals surface area contributed by atoms with Crippen LogP contribution in [0.3, 0.4) is 0 Å². The van der Waals surface area contributed by atoms with Crippen molar-refractivity contribution in [3.05, 3.63) is 35.4 Å². The fraction of sp³-hybridized carbons (Fsp3) is 0.600. The standard InChI is InChI=1S/C15H23ClOSi/c1-12-5-7-13(8-6-12)15(18(2,3)4)11-14(16)9-10-17-15/h5-8,14H,9-11H2,1-4H3. The van der Waals surface area contributed by atoms with Crippen molar-refractivity contribution in [1.29, 1.82) is 0 Å². The van der Waals surface area contributed by atoms with E-state index in [-0.39, 0.29) is 10.6 Å². The van der Waals surface area contributed by atoms with Crippen LogP contribution in [0.15, 0.2) is 24.3 Å². The van der Waals surface area contributed by atoms with Crippen molar-refractivity contribution >= 4 is 19.7 Å². The number of rotatable bonds is 2. The van der Waals surface area contributed by atoms with Crippen molar-refractivity contribution in [3.63, 3.8) is 0 Å². The molecule has 100 valence electrons. The Hall–Kier alpha value is -0.313. The maximum atomic E-state index is 6.43. The number of halogens is 1. The van der Waals surface area contributed by atoms with E-state index in [0.29, 0.717) is 0 Å². The summed E-state index contributed by atoms with van der Waals surface area (Å²) in [6.45, 7) is 10.0. The SMILES string of the molecule is Cc1ccc(C2([Si](C)(C)C)CC(Cl)CCO2)cc1. The Morgan fingerprint density at radius 3 is 2.33 bits per heavy atom. The molecule has 0 radical (unpaired) electrons. The van der Waals surface area contributed by atoms with Gasteiger partial charge in [-0.05, 0) is 25.3 Å². The summed E-state index contributed by atoms with van der Waals surface area (Å²) in [5, 5.41) is 0.123. The second kappa shape index (κ2) is 4.99. The molecule has 0 aromatic heterocycles. The van der Waals surface area contributed by atoms with E-state index in [1.807, 2.05) is 0 Å². The Balaban J connectivity index is 2.45. The van der Waals surface area contributed by atoms with Gasteiger partial charge in [0.05, 0.1) is 13.3 Å². The minimum absolute atomic E-state index is 0.120. The first-order valence-corrected chi connectivity index (χ1v) is 10.6. The molecule has 1 aromatic rings. The summed E-state index contributed by atoms with van der Waals surface area (Å²) >= 11 is 6.43. The molecule has 1 saturated heterocycles. The van der Waals surface area contributed by atoms with Crippen LogP contribution in [0.5, 0.6) is 0 Å². The average Bonchev–Trinajstić information content (AvgIpc) is 2.28. The molecular weight excluding hydrogens is 260 g/mol. The first-order valence-electron chi connectivity index (χ1n) is 6.70. The van der Waals surface area contributed by atoms with Gasteiger partial charge in [0.15, 0.2) is 0 Å². The first kappa shape index (κ1) is 14.1. The molecule has 2 unspecified atom stereocenters. The lowest BCUT2D eigenvalue weighted by molar-refractivity contribution is -0.0279. The molecule has 0 N–H and O–H groups in total. The van der Waals surface area contributed by atoms with Crippen molar-refractivity contribution in [2.75, 3.05) is 6.61 Å². The third-order valence-corrected chi connectivity index (χ3v) is 7.45. The number of hydrogen-bond donors (Lipinski definition) is 0. The van der Waals surface area contributed by atoms with Crippen LogP contribution in [0.1, 0.15) is 24.0 Å². The summed E-state index contributed by atoms with van der Waals surface area (Å²) in [7, 11) is -1.51. The molecule has 0 aliphatic carbocycles. The Morgan fingerprint density at radius 2 is 1.83 bits per heavy atom. The minimum Gasteiger partial charge on any atom is -0.374 e. The molecule has 1 aliphatic heterocycles. The molecule has 3 heteroatoms. The highest BCUT2D eigenvalue weighted by Gasteiger charge is 2.48. The second-order valence-corrected chi connectivity index (χ2v) is 12.3. The number of aryl methyl sites for hydroxylation is 1. The van der Waals surface area contributed by atoms with Crippen LogP contribution in [0, 0.1) is 6.92 Å². The van der Waals surface area contributed by atoms with Crippen LogP contribution >= 0.6 is 11.6 Å². The average molecular weight is 283 g/mol. The lowest BCUT2D eigenvalue weighted by Gasteiger charge is -2.48. The fourth-order valence-electron chi connectivity index (χ4n) is 2.81. The van der Waals surface area contributed by atoms with E-state index in [1.54, 1.807) is 0 Å². The van der Waals surface area contributed by atoms with Gasteiger partial charge in [-0.15, -0.1) is 11.6 Å². The number of ether oxygens (including phenoxy) is 1. The van der Waals surface area contributed by atoms with Crippen LogP contribution in [0.4, 0.5) is 0 Å². The molecule has 0 saturated carbocycles.